The van der Waals surface area contributed by atoms with Gasteiger partial charge in [0.1, 0.15) is 5.58 Å². The number of benzene rings is 2. The van der Waals surface area contributed by atoms with Crippen LogP contribution >= 0.6 is 22.9 Å². The average molecular weight is 439 g/mol. The van der Waals surface area contributed by atoms with E-state index in [0.717, 1.165) is 0 Å². The molecule has 2 aromatic carbocycles. The Morgan fingerprint density at radius 1 is 1.07 bits per heavy atom. The number of hydrogen-bond donors (Lipinski definition) is 0. The molecular formula is C22H15ClN2O4S. The Hall–Kier alpha value is -3.29. The summed E-state index contributed by atoms with van der Waals surface area (Å²) < 4.78 is 5.38. The number of ketones is 1. The minimum absolute atomic E-state index is 0.0596. The van der Waals surface area contributed by atoms with Crippen molar-refractivity contribution in [1.29, 1.82) is 0 Å². The molecule has 2 aromatic heterocycles. The zero-order valence-electron chi connectivity index (χ0n) is 16.0. The van der Waals surface area contributed by atoms with Crippen molar-refractivity contribution in [2.75, 3.05) is 4.90 Å². The molecule has 0 unspecified atom stereocenters. The molecule has 30 heavy (non-hydrogen) atoms. The van der Waals surface area contributed by atoms with Crippen molar-refractivity contribution in [3.63, 3.8) is 0 Å². The summed E-state index contributed by atoms with van der Waals surface area (Å²) in [4.78, 5) is 42.2. The van der Waals surface area contributed by atoms with Gasteiger partial charge >= 0.3 is 5.63 Å². The van der Waals surface area contributed by atoms with Crippen LogP contribution in [0.1, 0.15) is 24.2 Å². The van der Waals surface area contributed by atoms with Crippen LogP contribution in [0.15, 0.2) is 63.1 Å². The summed E-state index contributed by atoms with van der Waals surface area (Å²) in [5, 5.41) is 3.30. The van der Waals surface area contributed by atoms with Crippen molar-refractivity contribution < 1.29 is 14.0 Å². The van der Waals surface area contributed by atoms with Crippen molar-refractivity contribution in [1.82, 2.24) is 4.98 Å². The second kappa shape index (κ2) is 7.85. The van der Waals surface area contributed by atoms with E-state index in [4.69, 9.17) is 16.0 Å². The Morgan fingerprint density at radius 3 is 2.47 bits per heavy atom. The molecule has 0 fully saturated rings. The summed E-state index contributed by atoms with van der Waals surface area (Å²) in [6, 6.07) is 13.3. The van der Waals surface area contributed by atoms with Gasteiger partial charge in [0.15, 0.2) is 10.9 Å². The summed E-state index contributed by atoms with van der Waals surface area (Å²) >= 11 is 7.26. The summed E-state index contributed by atoms with van der Waals surface area (Å²) in [5.74, 6) is -0.306. The first kappa shape index (κ1) is 20.0. The van der Waals surface area contributed by atoms with Crippen LogP contribution in [0.25, 0.3) is 22.2 Å². The number of hydrogen-bond acceptors (Lipinski definition) is 6. The highest BCUT2D eigenvalue weighted by atomic mass is 35.5. The lowest BCUT2D eigenvalue weighted by Crippen LogP contribution is -2.22. The van der Waals surface area contributed by atoms with E-state index < -0.39 is 5.63 Å². The van der Waals surface area contributed by atoms with Crippen molar-refractivity contribution in [3.8, 4) is 11.3 Å². The highest BCUT2D eigenvalue weighted by molar-refractivity contribution is 7.14. The van der Waals surface area contributed by atoms with E-state index in [9.17, 15) is 14.4 Å². The number of nitrogens with zero attached hydrogens (tertiary/aromatic N) is 2. The van der Waals surface area contributed by atoms with Gasteiger partial charge in [-0.05, 0) is 55.5 Å². The van der Waals surface area contributed by atoms with Gasteiger partial charge in [0.05, 0.1) is 16.9 Å². The Morgan fingerprint density at radius 2 is 1.80 bits per heavy atom. The van der Waals surface area contributed by atoms with Gasteiger partial charge in [0, 0.05) is 28.3 Å². The van der Waals surface area contributed by atoms with Crippen LogP contribution in [0.5, 0.6) is 0 Å². The lowest BCUT2D eigenvalue weighted by atomic mass is 10.1. The number of carbonyl (C=O) groups excluding carboxylic acids is 2. The maximum absolute atomic E-state index is 12.5. The molecule has 0 saturated carbocycles. The molecule has 0 aliphatic carbocycles. The zero-order valence-corrected chi connectivity index (χ0v) is 17.6. The van der Waals surface area contributed by atoms with E-state index in [2.05, 4.69) is 4.98 Å². The van der Waals surface area contributed by atoms with Crippen molar-refractivity contribution >= 4 is 56.4 Å². The summed E-state index contributed by atoms with van der Waals surface area (Å²) in [6.07, 6.45) is 0. The van der Waals surface area contributed by atoms with E-state index in [1.54, 1.807) is 53.9 Å². The van der Waals surface area contributed by atoms with E-state index in [-0.39, 0.29) is 17.3 Å². The second-order valence-electron chi connectivity index (χ2n) is 6.60. The summed E-state index contributed by atoms with van der Waals surface area (Å²) in [5.41, 5.74) is 1.71. The number of halogens is 1. The molecule has 6 nitrogen and oxygen atoms in total. The van der Waals surface area contributed by atoms with Crippen molar-refractivity contribution in [2.45, 2.75) is 13.8 Å². The number of rotatable bonds is 4. The SMILES string of the molecule is CC(=O)c1ccc(N(C(C)=O)c2nc(-c3cc4cc(Cl)ccc4oc3=O)cs2)cc1. The third-order valence-corrected chi connectivity index (χ3v) is 5.56. The smallest absolute Gasteiger partial charge is 0.345 e. The molecule has 0 spiro atoms. The standard InChI is InChI=1S/C22H15ClN2O4S/c1-12(26)14-3-6-17(7-4-14)25(13(2)27)22-24-19(11-30-22)18-10-15-9-16(23)5-8-20(15)29-21(18)28/h3-11H,1-2H3. The van der Waals surface area contributed by atoms with Gasteiger partial charge in [-0.1, -0.05) is 11.6 Å². The highest BCUT2D eigenvalue weighted by Crippen LogP contribution is 2.32. The van der Waals surface area contributed by atoms with Gasteiger partial charge < -0.3 is 4.42 Å². The van der Waals surface area contributed by atoms with Crippen molar-refractivity contribution in [3.05, 3.63) is 74.9 Å². The first-order valence-corrected chi connectivity index (χ1v) is 10.2. The van der Waals surface area contributed by atoms with Gasteiger partial charge in [-0.2, -0.15) is 0 Å². The Balaban J connectivity index is 1.75. The predicted octanol–water partition coefficient (Wildman–Crippen LogP) is 5.46. The molecule has 1 amide bonds. The Bertz CT molecular complexity index is 1340. The van der Waals surface area contributed by atoms with E-state index in [1.165, 1.54) is 30.1 Å². The first-order chi connectivity index (χ1) is 14.3. The third-order valence-electron chi connectivity index (χ3n) is 4.50. The Labute approximate surface area is 180 Å². The molecule has 0 saturated heterocycles. The highest BCUT2D eigenvalue weighted by Gasteiger charge is 2.20. The molecule has 0 bridgehead atoms. The van der Waals surface area contributed by atoms with Gasteiger partial charge in [0.2, 0.25) is 5.91 Å². The third kappa shape index (κ3) is 3.77. The molecule has 8 heteroatoms. The number of anilines is 2. The van der Waals surface area contributed by atoms with Crippen LogP contribution in [0.4, 0.5) is 10.8 Å². The average Bonchev–Trinajstić information content (AvgIpc) is 3.17. The number of fused-ring (bicyclic) bond motifs is 1. The van der Waals surface area contributed by atoms with Crippen molar-refractivity contribution in [2.24, 2.45) is 0 Å². The molecule has 2 heterocycles. The molecule has 150 valence electrons. The number of carbonyl (C=O) groups is 2. The van der Waals surface area contributed by atoms with E-state index in [1.807, 2.05) is 0 Å². The number of Topliss-reactive ketones (excluding diaryl/α,β-unsaturated/α-hetero) is 1. The maximum atomic E-state index is 12.5. The minimum Gasteiger partial charge on any atom is -0.422 e. The monoisotopic (exact) mass is 438 g/mol. The zero-order chi connectivity index (χ0) is 21.4. The van der Waals surface area contributed by atoms with E-state index in [0.29, 0.717) is 38.1 Å². The fourth-order valence-corrected chi connectivity index (χ4v) is 4.10. The second-order valence-corrected chi connectivity index (χ2v) is 7.88. The van der Waals surface area contributed by atoms with E-state index >= 15 is 0 Å². The molecule has 0 aliphatic heterocycles. The topological polar surface area (TPSA) is 80.5 Å². The normalized spacial score (nSPS) is 10.9. The lowest BCUT2D eigenvalue weighted by molar-refractivity contribution is -0.115. The fraction of sp³-hybridized carbons (Fsp3) is 0.0909. The van der Waals surface area contributed by atoms with Crippen LogP contribution in [-0.4, -0.2) is 16.7 Å². The summed E-state index contributed by atoms with van der Waals surface area (Å²) in [7, 11) is 0. The maximum Gasteiger partial charge on any atom is 0.345 e. The molecule has 0 N–H and O–H groups in total. The Kier molecular flexibility index (Phi) is 5.24. The molecule has 0 radical (unpaired) electrons. The van der Waals surface area contributed by atoms with Crippen LogP contribution < -0.4 is 10.5 Å². The van der Waals surface area contributed by atoms with Gasteiger partial charge in [-0.25, -0.2) is 9.78 Å². The first-order valence-electron chi connectivity index (χ1n) is 8.94. The van der Waals surface area contributed by atoms with Crippen LogP contribution in [-0.2, 0) is 4.79 Å². The molecule has 0 atom stereocenters. The molecule has 4 rings (SSSR count). The molecular weight excluding hydrogens is 424 g/mol. The largest absolute Gasteiger partial charge is 0.422 e. The van der Waals surface area contributed by atoms with Gasteiger partial charge in [-0.15, -0.1) is 11.3 Å². The van der Waals surface area contributed by atoms with Crippen LogP contribution in [0, 0.1) is 0 Å². The van der Waals surface area contributed by atoms with Crippen LogP contribution in [0.3, 0.4) is 0 Å². The number of thiazole rings is 1. The van der Waals surface area contributed by atoms with Gasteiger partial charge in [0.25, 0.3) is 0 Å². The quantitative estimate of drug-likeness (QED) is 0.312. The lowest BCUT2D eigenvalue weighted by Gasteiger charge is -2.18. The fourth-order valence-electron chi connectivity index (χ4n) is 3.04. The molecule has 0 aliphatic rings. The predicted molar refractivity (Wildman–Crippen MR) is 118 cm³/mol. The molecule has 4 aromatic rings. The summed E-state index contributed by atoms with van der Waals surface area (Å²) in [6.45, 7) is 2.90. The van der Waals surface area contributed by atoms with Crippen LogP contribution in [0.2, 0.25) is 5.02 Å². The number of amides is 1. The van der Waals surface area contributed by atoms with Gasteiger partial charge in [-0.3, -0.25) is 14.5 Å². The number of aromatic nitrogens is 1. The minimum atomic E-state index is -0.526.